The first-order valence-corrected chi connectivity index (χ1v) is 7.20. The molecule has 116 valence electrons. The third-order valence-electron chi connectivity index (χ3n) is 4.22. The van der Waals surface area contributed by atoms with Gasteiger partial charge in [-0.2, -0.15) is 0 Å². The monoisotopic (exact) mass is 291 g/mol. The standard InChI is InChI=1S/C16H25N3O2/c1-5-16(6-2,13(17)19-21)18-14(20)15(3,4)12-10-8-7-9-11-12/h7-11,21H,5-6H2,1-4H3,(H2,17,19)(H,18,20). The largest absolute Gasteiger partial charge is 0.409 e. The van der Waals surface area contributed by atoms with Crippen LogP contribution in [0.5, 0.6) is 0 Å². The van der Waals surface area contributed by atoms with Gasteiger partial charge in [0.2, 0.25) is 5.91 Å². The highest BCUT2D eigenvalue weighted by atomic mass is 16.4. The van der Waals surface area contributed by atoms with Gasteiger partial charge >= 0.3 is 0 Å². The number of rotatable bonds is 6. The summed E-state index contributed by atoms with van der Waals surface area (Å²) >= 11 is 0. The number of hydrogen-bond acceptors (Lipinski definition) is 3. The highest BCUT2D eigenvalue weighted by molar-refractivity contribution is 5.96. The van der Waals surface area contributed by atoms with E-state index in [1.807, 2.05) is 58.0 Å². The number of carbonyl (C=O) groups is 1. The Morgan fingerprint density at radius 2 is 1.76 bits per heavy atom. The molecule has 0 spiro atoms. The number of oxime groups is 1. The highest BCUT2D eigenvalue weighted by Gasteiger charge is 2.38. The minimum atomic E-state index is -0.822. The molecule has 21 heavy (non-hydrogen) atoms. The molecule has 0 heterocycles. The summed E-state index contributed by atoms with van der Waals surface area (Å²) in [6.07, 6.45) is 1.10. The van der Waals surface area contributed by atoms with Crippen molar-refractivity contribution in [1.82, 2.24) is 5.32 Å². The van der Waals surface area contributed by atoms with Crippen molar-refractivity contribution < 1.29 is 10.0 Å². The normalized spacial score (nSPS) is 13.0. The van der Waals surface area contributed by atoms with Gasteiger partial charge in [0, 0.05) is 0 Å². The van der Waals surface area contributed by atoms with E-state index in [1.165, 1.54) is 0 Å². The van der Waals surface area contributed by atoms with E-state index in [0.29, 0.717) is 12.8 Å². The molecular weight excluding hydrogens is 266 g/mol. The van der Waals surface area contributed by atoms with E-state index < -0.39 is 11.0 Å². The van der Waals surface area contributed by atoms with Crippen molar-refractivity contribution in [2.24, 2.45) is 10.9 Å². The molecule has 1 aromatic carbocycles. The molecule has 1 amide bonds. The fraction of sp³-hybridized carbons (Fsp3) is 0.500. The zero-order chi connectivity index (χ0) is 16.1. The highest BCUT2D eigenvalue weighted by Crippen LogP contribution is 2.25. The topological polar surface area (TPSA) is 87.7 Å². The Kier molecular flexibility index (Phi) is 5.35. The summed E-state index contributed by atoms with van der Waals surface area (Å²) in [5.74, 6) is -0.117. The van der Waals surface area contributed by atoms with E-state index in [2.05, 4.69) is 10.5 Å². The summed E-state index contributed by atoms with van der Waals surface area (Å²) in [6.45, 7) is 7.52. The Morgan fingerprint density at radius 1 is 1.24 bits per heavy atom. The van der Waals surface area contributed by atoms with E-state index in [0.717, 1.165) is 5.56 Å². The van der Waals surface area contributed by atoms with Crippen molar-refractivity contribution in [3.8, 4) is 0 Å². The van der Waals surface area contributed by atoms with E-state index in [-0.39, 0.29) is 11.7 Å². The third kappa shape index (κ3) is 3.35. The first-order chi connectivity index (χ1) is 9.84. The van der Waals surface area contributed by atoms with Crippen LogP contribution in [0.25, 0.3) is 0 Å². The number of nitrogens with two attached hydrogens (primary N) is 1. The first kappa shape index (κ1) is 17.0. The molecule has 0 unspecified atom stereocenters. The minimum absolute atomic E-state index is 0.0321. The fourth-order valence-corrected chi connectivity index (χ4v) is 2.31. The first-order valence-electron chi connectivity index (χ1n) is 7.20. The number of nitrogens with zero attached hydrogens (tertiary/aromatic N) is 1. The maximum absolute atomic E-state index is 12.7. The Hall–Kier alpha value is -2.04. The minimum Gasteiger partial charge on any atom is -0.409 e. The zero-order valence-corrected chi connectivity index (χ0v) is 13.2. The molecule has 0 radical (unpaired) electrons. The molecule has 5 heteroatoms. The van der Waals surface area contributed by atoms with Gasteiger partial charge in [0.15, 0.2) is 5.84 Å². The van der Waals surface area contributed by atoms with Gasteiger partial charge in [0.25, 0.3) is 0 Å². The van der Waals surface area contributed by atoms with Gasteiger partial charge in [-0.3, -0.25) is 4.79 Å². The SMILES string of the molecule is CCC(CC)(NC(=O)C(C)(C)c1ccccc1)/C(N)=N/O. The van der Waals surface area contributed by atoms with Crippen molar-refractivity contribution >= 4 is 11.7 Å². The summed E-state index contributed by atoms with van der Waals surface area (Å²) in [4.78, 5) is 12.7. The fourth-order valence-electron chi connectivity index (χ4n) is 2.31. The quantitative estimate of drug-likeness (QED) is 0.325. The van der Waals surface area contributed by atoms with Crippen LogP contribution < -0.4 is 11.1 Å². The summed E-state index contributed by atoms with van der Waals surface area (Å²) in [5.41, 5.74) is 5.18. The average Bonchev–Trinajstić information content (AvgIpc) is 2.52. The number of carbonyl (C=O) groups excluding carboxylic acids is 1. The number of amidine groups is 1. The molecular formula is C16H25N3O2. The average molecular weight is 291 g/mol. The molecule has 0 saturated carbocycles. The number of hydrogen-bond donors (Lipinski definition) is 3. The van der Waals surface area contributed by atoms with Crippen LogP contribution in [-0.4, -0.2) is 22.5 Å². The van der Waals surface area contributed by atoms with Crippen LogP contribution in [0, 0.1) is 0 Å². The van der Waals surface area contributed by atoms with E-state index in [1.54, 1.807) is 0 Å². The molecule has 5 nitrogen and oxygen atoms in total. The lowest BCUT2D eigenvalue weighted by atomic mass is 9.81. The molecule has 0 aromatic heterocycles. The van der Waals surface area contributed by atoms with Crippen LogP contribution in [0.3, 0.4) is 0 Å². The van der Waals surface area contributed by atoms with Crippen LogP contribution in [0.4, 0.5) is 0 Å². The number of nitrogens with one attached hydrogen (secondary N) is 1. The lowest BCUT2D eigenvalue weighted by Crippen LogP contribution is -2.60. The van der Waals surface area contributed by atoms with Gasteiger partial charge in [0.1, 0.15) is 5.54 Å². The Bertz CT molecular complexity index is 506. The maximum Gasteiger partial charge on any atom is 0.230 e. The summed E-state index contributed by atoms with van der Waals surface area (Å²) < 4.78 is 0. The Balaban J connectivity index is 3.08. The Morgan fingerprint density at radius 3 is 2.19 bits per heavy atom. The second kappa shape index (κ2) is 6.61. The lowest BCUT2D eigenvalue weighted by molar-refractivity contribution is -0.127. The molecule has 0 saturated heterocycles. The van der Waals surface area contributed by atoms with Crippen molar-refractivity contribution in [3.05, 3.63) is 35.9 Å². The predicted molar refractivity (Wildman–Crippen MR) is 84.3 cm³/mol. The van der Waals surface area contributed by atoms with Crippen molar-refractivity contribution in [2.75, 3.05) is 0 Å². The van der Waals surface area contributed by atoms with Gasteiger partial charge in [-0.1, -0.05) is 49.3 Å². The molecule has 0 aliphatic carbocycles. The number of benzene rings is 1. The predicted octanol–water partition coefficient (Wildman–Crippen LogP) is 2.39. The summed E-state index contributed by atoms with van der Waals surface area (Å²) in [5, 5.41) is 15.0. The van der Waals surface area contributed by atoms with Crippen LogP contribution in [0.1, 0.15) is 46.1 Å². The third-order valence-corrected chi connectivity index (χ3v) is 4.22. The van der Waals surface area contributed by atoms with Crippen LogP contribution in [-0.2, 0) is 10.2 Å². The van der Waals surface area contributed by atoms with E-state index >= 15 is 0 Å². The van der Waals surface area contributed by atoms with Gasteiger partial charge in [-0.05, 0) is 32.3 Å². The molecule has 0 aliphatic rings. The Labute approximate surface area is 126 Å². The zero-order valence-electron chi connectivity index (χ0n) is 13.2. The van der Waals surface area contributed by atoms with Crippen LogP contribution in [0.2, 0.25) is 0 Å². The van der Waals surface area contributed by atoms with Crippen LogP contribution >= 0.6 is 0 Å². The van der Waals surface area contributed by atoms with Gasteiger partial charge in [-0.15, -0.1) is 0 Å². The van der Waals surface area contributed by atoms with Gasteiger partial charge in [0.05, 0.1) is 5.41 Å². The summed E-state index contributed by atoms with van der Waals surface area (Å²) in [6, 6.07) is 9.56. The van der Waals surface area contributed by atoms with Crippen LogP contribution in [0.15, 0.2) is 35.5 Å². The van der Waals surface area contributed by atoms with Crippen molar-refractivity contribution in [3.63, 3.8) is 0 Å². The number of amides is 1. The molecule has 1 rings (SSSR count). The molecule has 1 aromatic rings. The van der Waals surface area contributed by atoms with Gasteiger partial charge < -0.3 is 16.3 Å². The molecule has 0 fully saturated rings. The maximum atomic E-state index is 12.7. The van der Waals surface area contributed by atoms with Gasteiger partial charge in [-0.25, -0.2) is 0 Å². The van der Waals surface area contributed by atoms with Crippen molar-refractivity contribution in [2.45, 2.75) is 51.5 Å². The molecule has 0 bridgehead atoms. The lowest BCUT2D eigenvalue weighted by Gasteiger charge is -2.35. The summed E-state index contributed by atoms with van der Waals surface area (Å²) in [7, 11) is 0. The van der Waals surface area contributed by atoms with E-state index in [4.69, 9.17) is 10.9 Å². The second-order valence-electron chi connectivity index (χ2n) is 5.72. The smallest absolute Gasteiger partial charge is 0.230 e. The van der Waals surface area contributed by atoms with Crippen molar-refractivity contribution in [1.29, 1.82) is 0 Å². The second-order valence-corrected chi connectivity index (χ2v) is 5.72. The molecule has 4 N–H and O–H groups in total. The van der Waals surface area contributed by atoms with E-state index in [9.17, 15) is 4.79 Å². The molecule has 0 aliphatic heterocycles. The molecule has 0 atom stereocenters.